The summed E-state index contributed by atoms with van der Waals surface area (Å²) in [5.74, 6) is 0.559. The Balaban J connectivity index is 1.39. The van der Waals surface area contributed by atoms with Crippen molar-refractivity contribution in [2.75, 3.05) is 25.0 Å². The third kappa shape index (κ3) is 6.10. The quantitative estimate of drug-likeness (QED) is 0.810. The van der Waals surface area contributed by atoms with Crippen molar-refractivity contribution in [3.63, 3.8) is 0 Å². The van der Waals surface area contributed by atoms with Gasteiger partial charge in [0.15, 0.2) is 0 Å². The van der Waals surface area contributed by atoms with Crippen molar-refractivity contribution in [1.29, 1.82) is 0 Å². The van der Waals surface area contributed by atoms with Crippen molar-refractivity contribution in [2.45, 2.75) is 40.2 Å². The second-order valence-corrected chi connectivity index (χ2v) is 7.92. The van der Waals surface area contributed by atoms with Crippen LogP contribution in [0.1, 0.15) is 35.1 Å². The number of likely N-dealkylation sites (tertiary alicyclic amines) is 1. The van der Waals surface area contributed by atoms with Gasteiger partial charge in [0, 0.05) is 18.8 Å². The van der Waals surface area contributed by atoms with Gasteiger partial charge in [0.2, 0.25) is 0 Å². The minimum absolute atomic E-state index is 0.109. The van der Waals surface area contributed by atoms with Gasteiger partial charge in [-0.1, -0.05) is 35.9 Å². The fraction of sp³-hybridized carbons (Fsp3) is 0.435. The molecule has 1 aliphatic rings. The van der Waals surface area contributed by atoms with Crippen LogP contribution in [0.25, 0.3) is 0 Å². The predicted octanol–water partition coefficient (Wildman–Crippen LogP) is 4.65. The van der Waals surface area contributed by atoms with Gasteiger partial charge in [-0.2, -0.15) is 0 Å². The molecule has 0 unspecified atom stereocenters. The number of rotatable bonds is 5. The molecule has 0 aliphatic carbocycles. The fourth-order valence-electron chi connectivity index (χ4n) is 3.88. The van der Waals surface area contributed by atoms with E-state index in [1.165, 1.54) is 11.1 Å². The summed E-state index contributed by atoms with van der Waals surface area (Å²) in [7, 11) is 0. The highest BCUT2D eigenvalue weighted by Gasteiger charge is 2.19. The molecule has 1 aliphatic heterocycles. The van der Waals surface area contributed by atoms with Crippen molar-refractivity contribution < 1.29 is 4.79 Å². The van der Waals surface area contributed by atoms with Crippen LogP contribution in [0.2, 0.25) is 0 Å². The Bertz CT molecular complexity index is 759. The summed E-state index contributed by atoms with van der Waals surface area (Å²) >= 11 is 0. The van der Waals surface area contributed by atoms with Crippen LogP contribution in [0.5, 0.6) is 0 Å². The topological polar surface area (TPSA) is 44.4 Å². The number of anilines is 1. The van der Waals surface area contributed by atoms with Gasteiger partial charge in [0.05, 0.1) is 0 Å². The SMILES string of the molecule is Cc1cccc(CN2CCC(CNC(=O)Nc3cc(C)cc(C)c3)CC2)c1. The number of benzene rings is 2. The summed E-state index contributed by atoms with van der Waals surface area (Å²) in [5, 5.41) is 5.99. The first-order valence-electron chi connectivity index (χ1n) is 9.89. The Morgan fingerprint density at radius 2 is 1.70 bits per heavy atom. The molecule has 0 spiro atoms. The van der Waals surface area contributed by atoms with E-state index in [9.17, 15) is 4.79 Å². The average Bonchev–Trinajstić information content (AvgIpc) is 2.60. The Hall–Kier alpha value is -2.33. The highest BCUT2D eigenvalue weighted by molar-refractivity contribution is 5.89. The molecule has 3 rings (SSSR count). The molecule has 0 bridgehead atoms. The zero-order chi connectivity index (χ0) is 19.2. The molecule has 4 heteroatoms. The van der Waals surface area contributed by atoms with E-state index in [0.717, 1.165) is 55.8 Å². The molecule has 2 aromatic carbocycles. The summed E-state index contributed by atoms with van der Waals surface area (Å²) in [4.78, 5) is 14.7. The fourth-order valence-corrected chi connectivity index (χ4v) is 3.88. The zero-order valence-corrected chi connectivity index (χ0v) is 16.7. The van der Waals surface area contributed by atoms with Crippen molar-refractivity contribution in [3.8, 4) is 0 Å². The first-order valence-corrected chi connectivity index (χ1v) is 9.89. The minimum atomic E-state index is -0.109. The number of carbonyl (C=O) groups is 1. The predicted molar refractivity (Wildman–Crippen MR) is 112 cm³/mol. The van der Waals surface area contributed by atoms with Gasteiger partial charge in [-0.25, -0.2) is 4.79 Å². The number of aryl methyl sites for hydroxylation is 3. The number of carbonyl (C=O) groups excluding carboxylic acids is 1. The maximum Gasteiger partial charge on any atom is 0.319 e. The van der Waals surface area contributed by atoms with Crippen LogP contribution < -0.4 is 10.6 Å². The van der Waals surface area contributed by atoms with Crippen LogP contribution in [0.3, 0.4) is 0 Å². The van der Waals surface area contributed by atoms with Crippen molar-refractivity contribution in [1.82, 2.24) is 10.2 Å². The van der Waals surface area contributed by atoms with E-state index in [1.54, 1.807) is 0 Å². The van der Waals surface area contributed by atoms with Crippen LogP contribution >= 0.6 is 0 Å². The first-order chi connectivity index (χ1) is 13.0. The maximum atomic E-state index is 12.2. The van der Waals surface area contributed by atoms with Crippen LogP contribution in [0, 0.1) is 26.7 Å². The summed E-state index contributed by atoms with van der Waals surface area (Å²) in [6, 6.07) is 14.7. The van der Waals surface area contributed by atoms with Gasteiger partial charge < -0.3 is 10.6 Å². The summed E-state index contributed by atoms with van der Waals surface area (Å²) in [6.07, 6.45) is 2.27. The second kappa shape index (κ2) is 9.05. The molecule has 0 aromatic heterocycles. The van der Waals surface area contributed by atoms with E-state index in [1.807, 2.05) is 26.0 Å². The standard InChI is InChI=1S/C23H31N3O/c1-17-5-4-6-21(12-17)16-26-9-7-20(8-10-26)15-24-23(27)25-22-13-18(2)11-19(3)14-22/h4-6,11-14,20H,7-10,15-16H2,1-3H3,(H2,24,25,27). The highest BCUT2D eigenvalue weighted by Crippen LogP contribution is 2.19. The zero-order valence-electron chi connectivity index (χ0n) is 16.7. The summed E-state index contributed by atoms with van der Waals surface area (Å²) in [6.45, 7) is 10.2. The molecule has 0 saturated carbocycles. The monoisotopic (exact) mass is 365 g/mol. The Kier molecular flexibility index (Phi) is 6.51. The van der Waals surface area contributed by atoms with Crippen LogP contribution in [-0.2, 0) is 6.54 Å². The number of urea groups is 1. The van der Waals surface area contributed by atoms with Crippen molar-refractivity contribution >= 4 is 11.7 Å². The Morgan fingerprint density at radius 1 is 1.00 bits per heavy atom. The minimum Gasteiger partial charge on any atom is -0.338 e. The molecular weight excluding hydrogens is 334 g/mol. The summed E-state index contributed by atoms with van der Waals surface area (Å²) in [5.41, 5.74) is 5.89. The van der Waals surface area contributed by atoms with E-state index < -0.39 is 0 Å². The van der Waals surface area contributed by atoms with E-state index in [2.05, 4.69) is 52.8 Å². The second-order valence-electron chi connectivity index (χ2n) is 7.92. The Morgan fingerprint density at radius 3 is 2.37 bits per heavy atom. The van der Waals surface area contributed by atoms with Gasteiger partial charge in [0.1, 0.15) is 0 Å². The Labute approximate surface area is 163 Å². The molecule has 2 amide bonds. The van der Waals surface area contributed by atoms with Gasteiger partial charge in [-0.3, -0.25) is 4.90 Å². The number of nitrogens with one attached hydrogen (secondary N) is 2. The lowest BCUT2D eigenvalue weighted by Crippen LogP contribution is -2.39. The number of hydrogen-bond acceptors (Lipinski definition) is 2. The molecule has 0 radical (unpaired) electrons. The number of amides is 2. The molecule has 1 fully saturated rings. The largest absolute Gasteiger partial charge is 0.338 e. The lowest BCUT2D eigenvalue weighted by atomic mass is 9.96. The molecule has 2 aromatic rings. The number of piperidine rings is 1. The first kappa shape index (κ1) is 19.4. The third-order valence-corrected chi connectivity index (χ3v) is 5.23. The van der Waals surface area contributed by atoms with Crippen LogP contribution in [-0.4, -0.2) is 30.6 Å². The summed E-state index contributed by atoms with van der Waals surface area (Å²) < 4.78 is 0. The molecule has 4 nitrogen and oxygen atoms in total. The molecule has 27 heavy (non-hydrogen) atoms. The molecular formula is C23H31N3O. The van der Waals surface area contributed by atoms with Crippen molar-refractivity contribution in [3.05, 3.63) is 64.7 Å². The molecule has 0 atom stereocenters. The number of hydrogen-bond donors (Lipinski definition) is 2. The van der Waals surface area contributed by atoms with Gasteiger partial charge in [-0.15, -0.1) is 0 Å². The van der Waals surface area contributed by atoms with Crippen LogP contribution in [0.4, 0.5) is 10.5 Å². The van der Waals surface area contributed by atoms with Gasteiger partial charge in [-0.05, 0) is 81.4 Å². The maximum absolute atomic E-state index is 12.2. The van der Waals surface area contributed by atoms with E-state index in [0.29, 0.717) is 5.92 Å². The molecule has 1 saturated heterocycles. The van der Waals surface area contributed by atoms with Crippen LogP contribution in [0.15, 0.2) is 42.5 Å². The molecule has 2 N–H and O–H groups in total. The average molecular weight is 366 g/mol. The lowest BCUT2D eigenvalue weighted by molar-refractivity contribution is 0.175. The van der Waals surface area contributed by atoms with Gasteiger partial charge >= 0.3 is 6.03 Å². The third-order valence-electron chi connectivity index (χ3n) is 5.23. The lowest BCUT2D eigenvalue weighted by Gasteiger charge is -2.32. The van der Waals surface area contributed by atoms with Gasteiger partial charge in [0.25, 0.3) is 0 Å². The van der Waals surface area contributed by atoms with E-state index in [-0.39, 0.29) is 6.03 Å². The van der Waals surface area contributed by atoms with Crippen molar-refractivity contribution in [2.24, 2.45) is 5.92 Å². The highest BCUT2D eigenvalue weighted by atomic mass is 16.2. The molecule has 144 valence electrons. The van der Waals surface area contributed by atoms with E-state index in [4.69, 9.17) is 0 Å². The normalized spacial score (nSPS) is 15.5. The smallest absolute Gasteiger partial charge is 0.319 e. The molecule has 1 heterocycles. The van der Waals surface area contributed by atoms with E-state index >= 15 is 0 Å². The number of nitrogens with zero attached hydrogens (tertiary/aromatic N) is 1.